The van der Waals surface area contributed by atoms with E-state index in [1.165, 1.54) is 12.1 Å². The van der Waals surface area contributed by atoms with Gasteiger partial charge in [-0.15, -0.1) is 0 Å². The summed E-state index contributed by atoms with van der Waals surface area (Å²) in [5.74, 6) is -0.263. The summed E-state index contributed by atoms with van der Waals surface area (Å²) in [6.07, 6.45) is 3.78. The van der Waals surface area contributed by atoms with Crippen LogP contribution in [0.5, 0.6) is 5.75 Å². The summed E-state index contributed by atoms with van der Waals surface area (Å²) in [6, 6.07) is 7.71. The zero-order valence-corrected chi connectivity index (χ0v) is 15.6. The van der Waals surface area contributed by atoms with E-state index in [-0.39, 0.29) is 26.9 Å². The number of rotatable bonds is 4. The van der Waals surface area contributed by atoms with Gasteiger partial charge in [0.15, 0.2) is 5.75 Å². The average molecular weight is 404 g/mol. The molecule has 4 rings (SSSR count). The highest BCUT2D eigenvalue weighted by atomic mass is 35.5. The third-order valence-corrected chi connectivity index (χ3v) is 5.11. The molecule has 0 radical (unpaired) electrons. The van der Waals surface area contributed by atoms with Crippen molar-refractivity contribution in [1.82, 2.24) is 9.55 Å². The molecule has 0 atom stereocenters. The monoisotopic (exact) mass is 403 g/mol. The normalized spacial score (nSPS) is 13.7. The number of phenolic OH excluding ortho intramolecular Hbond substituents is 1. The van der Waals surface area contributed by atoms with Gasteiger partial charge in [-0.25, -0.2) is 4.98 Å². The zero-order valence-electron chi connectivity index (χ0n) is 14.1. The van der Waals surface area contributed by atoms with Gasteiger partial charge in [-0.05, 0) is 43.0 Å². The van der Waals surface area contributed by atoms with Crippen LogP contribution in [0.25, 0.3) is 10.9 Å². The Labute approximate surface area is 164 Å². The van der Waals surface area contributed by atoms with Gasteiger partial charge in [0, 0.05) is 12.1 Å². The lowest BCUT2D eigenvalue weighted by molar-refractivity contribution is 0.102. The lowest BCUT2D eigenvalue weighted by Gasteiger charge is -2.11. The van der Waals surface area contributed by atoms with Crippen LogP contribution >= 0.6 is 23.2 Å². The molecule has 1 aliphatic carbocycles. The number of aromatic hydroxyl groups is 1. The minimum atomic E-state index is -0.497. The van der Waals surface area contributed by atoms with Gasteiger partial charge in [-0.3, -0.25) is 14.2 Å². The fourth-order valence-corrected chi connectivity index (χ4v) is 3.39. The Hall–Kier alpha value is -2.57. The molecule has 138 valence electrons. The summed E-state index contributed by atoms with van der Waals surface area (Å²) in [5, 5.41) is 12.7. The zero-order chi connectivity index (χ0) is 19.1. The Morgan fingerprint density at radius 3 is 2.63 bits per heavy atom. The van der Waals surface area contributed by atoms with Gasteiger partial charge in [0.05, 0.1) is 33.0 Å². The molecule has 1 heterocycles. The van der Waals surface area contributed by atoms with Gasteiger partial charge in [0.1, 0.15) is 0 Å². The van der Waals surface area contributed by atoms with Crippen molar-refractivity contribution < 1.29 is 9.90 Å². The molecule has 3 aromatic rings. The second-order valence-corrected chi connectivity index (χ2v) is 7.40. The number of nitrogens with zero attached hydrogens (tertiary/aromatic N) is 2. The van der Waals surface area contributed by atoms with Crippen LogP contribution in [0.1, 0.15) is 23.2 Å². The summed E-state index contributed by atoms with van der Waals surface area (Å²) in [7, 11) is 0. The highest BCUT2D eigenvalue weighted by molar-refractivity contribution is 6.37. The number of benzene rings is 2. The van der Waals surface area contributed by atoms with E-state index in [1.54, 1.807) is 29.1 Å². The molecule has 27 heavy (non-hydrogen) atoms. The maximum atomic E-state index is 12.9. The minimum absolute atomic E-state index is 0.0287. The number of fused-ring (bicyclic) bond motifs is 1. The van der Waals surface area contributed by atoms with E-state index in [0.717, 1.165) is 12.8 Å². The van der Waals surface area contributed by atoms with Crippen molar-refractivity contribution in [3.63, 3.8) is 0 Å². The Morgan fingerprint density at radius 1 is 1.26 bits per heavy atom. The van der Waals surface area contributed by atoms with Crippen LogP contribution in [0.4, 0.5) is 5.69 Å². The van der Waals surface area contributed by atoms with Gasteiger partial charge in [0.25, 0.3) is 11.5 Å². The number of hydrogen-bond acceptors (Lipinski definition) is 4. The molecule has 0 unspecified atom stereocenters. The smallest absolute Gasteiger partial charge is 0.263 e. The first-order valence-electron chi connectivity index (χ1n) is 8.41. The number of halogens is 2. The Balaban J connectivity index is 1.73. The molecule has 1 amide bonds. The van der Waals surface area contributed by atoms with Gasteiger partial charge >= 0.3 is 0 Å². The molecule has 1 aliphatic rings. The molecule has 1 fully saturated rings. The van der Waals surface area contributed by atoms with Crippen LogP contribution in [0.15, 0.2) is 41.5 Å². The van der Waals surface area contributed by atoms with Gasteiger partial charge < -0.3 is 10.4 Å². The molecular formula is C19H15Cl2N3O3. The predicted molar refractivity (Wildman–Crippen MR) is 105 cm³/mol. The van der Waals surface area contributed by atoms with Crippen molar-refractivity contribution in [2.24, 2.45) is 5.92 Å². The molecule has 6 nitrogen and oxygen atoms in total. The van der Waals surface area contributed by atoms with Crippen LogP contribution in [-0.4, -0.2) is 20.6 Å². The van der Waals surface area contributed by atoms with Gasteiger partial charge in [0.2, 0.25) is 0 Å². The summed E-state index contributed by atoms with van der Waals surface area (Å²) in [6.45, 7) is 0.632. The van der Waals surface area contributed by atoms with Crippen molar-refractivity contribution in [2.75, 3.05) is 5.32 Å². The average Bonchev–Trinajstić information content (AvgIpc) is 3.46. The molecule has 1 aromatic heterocycles. The van der Waals surface area contributed by atoms with Crippen LogP contribution in [-0.2, 0) is 6.54 Å². The highest BCUT2D eigenvalue weighted by Gasteiger charge is 2.23. The summed E-state index contributed by atoms with van der Waals surface area (Å²) in [4.78, 5) is 29.8. The summed E-state index contributed by atoms with van der Waals surface area (Å²) in [5.41, 5.74) is 0.846. The molecule has 0 spiro atoms. The van der Waals surface area contributed by atoms with E-state index >= 15 is 0 Å². The van der Waals surface area contributed by atoms with Crippen molar-refractivity contribution in [3.8, 4) is 5.75 Å². The highest BCUT2D eigenvalue weighted by Crippen LogP contribution is 2.33. The topological polar surface area (TPSA) is 84.2 Å². The molecule has 2 aromatic carbocycles. The predicted octanol–water partition coefficient (Wildman–Crippen LogP) is 4.07. The maximum absolute atomic E-state index is 12.9. The molecule has 0 aliphatic heterocycles. The van der Waals surface area contributed by atoms with Crippen LogP contribution < -0.4 is 10.9 Å². The largest absolute Gasteiger partial charge is 0.505 e. The van der Waals surface area contributed by atoms with Gasteiger partial charge in [-0.1, -0.05) is 29.3 Å². The first kappa shape index (κ1) is 17.8. The maximum Gasteiger partial charge on any atom is 0.263 e. The lowest BCUT2D eigenvalue weighted by atomic mass is 10.1. The van der Waals surface area contributed by atoms with E-state index < -0.39 is 5.91 Å². The molecule has 0 saturated heterocycles. The fraction of sp³-hybridized carbons (Fsp3) is 0.211. The number of anilines is 1. The Bertz CT molecular complexity index is 1100. The number of carbonyl (C=O) groups is 1. The summed E-state index contributed by atoms with van der Waals surface area (Å²) >= 11 is 11.8. The van der Waals surface area contributed by atoms with Gasteiger partial charge in [-0.2, -0.15) is 0 Å². The first-order chi connectivity index (χ1) is 12.9. The Kier molecular flexibility index (Phi) is 4.53. The second kappa shape index (κ2) is 6.87. The number of hydrogen-bond donors (Lipinski definition) is 2. The molecule has 8 heteroatoms. The van der Waals surface area contributed by atoms with Crippen molar-refractivity contribution >= 4 is 45.7 Å². The lowest BCUT2D eigenvalue weighted by Crippen LogP contribution is -2.23. The van der Waals surface area contributed by atoms with E-state index in [2.05, 4.69) is 10.3 Å². The van der Waals surface area contributed by atoms with Crippen molar-refractivity contribution in [1.29, 1.82) is 0 Å². The van der Waals surface area contributed by atoms with Crippen LogP contribution in [0, 0.1) is 5.92 Å². The summed E-state index contributed by atoms with van der Waals surface area (Å²) < 4.78 is 1.59. The quantitative estimate of drug-likeness (QED) is 0.687. The Morgan fingerprint density at radius 2 is 1.96 bits per heavy atom. The number of phenols is 1. The first-order valence-corrected chi connectivity index (χ1v) is 9.17. The van der Waals surface area contributed by atoms with Crippen LogP contribution in [0.3, 0.4) is 0 Å². The third kappa shape index (κ3) is 3.50. The fourth-order valence-electron chi connectivity index (χ4n) is 2.90. The molecular weight excluding hydrogens is 389 g/mol. The van der Waals surface area contributed by atoms with E-state index in [1.807, 2.05) is 0 Å². The second-order valence-electron chi connectivity index (χ2n) is 6.59. The van der Waals surface area contributed by atoms with Crippen molar-refractivity contribution in [2.45, 2.75) is 19.4 Å². The molecule has 1 saturated carbocycles. The third-order valence-electron chi connectivity index (χ3n) is 4.53. The minimum Gasteiger partial charge on any atom is -0.505 e. The van der Waals surface area contributed by atoms with Crippen LogP contribution in [0.2, 0.25) is 10.0 Å². The number of amides is 1. The number of nitrogens with one attached hydrogen (secondary N) is 1. The SMILES string of the molecule is O=C(Nc1cccc2ncn(CC3CC3)c(=O)c12)c1cc(Cl)c(O)c(Cl)c1. The molecule has 2 N–H and O–H groups in total. The number of carbonyl (C=O) groups excluding carboxylic acids is 1. The van der Waals surface area contributed by atoms with E-state index in [4.69, 9.17) is 23.2 Å². The van der Waals surface area contributed by atoms with Crippen molar-refractivity contribution in [3.05, 3.63) is 62.6 Å². The van der Waals surface area contributed by atoms with E-state index in [9.17, 15) is 14.7 Å². The standard InChI is InChI=1S/C19H15Cl2N3O3/c20-12-6-11(7-13(21)17(12)25)18(26)23-15-3-1-2-14-16(15)19(27)24(9-22-14)8-10-4-5-10/h1-3,6-7,9-10,25H,4-5,8H2,(H,23,26). The molecule has 0 bridgehead atoms. The number of aromatic nitrogens is 2. The van der Waals surface area contributed by atoms with E-state index in [0.29, 0.717) is 29.1 Å².